The molecule has 1 N–H and O–H groups in total. The predicted molar refractivity (Wildman–Crippen MR) is 27.6 cm³/mol. The van der Waals surface area contributed by atoms with E-state index in [1.54, 1.807) is 0 Å². The summed E-state index contributed by atoms with van der Waals surface area (Å²) >= 11 is 0. The van der Waals surface area contributed by atoms with Crippen molar-refractivity contribution >= 4 is 0 Å². The number of aliphatic hydroxyl groups excluding tert-OH is 1. The van der Waals surface area contributed by atoms with E-state index >= 15 is 0 Å². The summed E-state index contributed by atoms with van der Waals surface area (Å²) in [6, 6.07) is 0. The van der Waals surface area contributed by atoms with Crippen molar-refractivity contribution in [2.24, 2.45) is 0 Å². The standard InChI is InChI=1S/C3H4.C2H4O/c1-3-2;1-2-3/h1-2H2;2-3H,1H2. The van der Waals surface area contributed by atoms with Gasteiger partial charge in [0.25, 0.3) is 0 Å². The van der Waals surface area contributed by atoms with Gasteiger partial charge in [-0.05, 0) is 0 Å². The number of hydrogen-bond donors (Lipinski definition) is 1. The van der Waals surface area contributed by atoms with Gasteiger partial charge in [0.1, 0.15) is 0 Å². The van der Waals surface area contributed by atoms with Gasteiger partial charge in [0.2, 0.25) is 0 Å². The minimum atomic E-state index is 0.750. The molecular weight excluding hydrogens is 76.1 g/mol. The highest BCUT2D eigenvalue weighted by Crippen LogP contribution is 1.26. The van der Waals surface area contributed by atoms with Gasteiger partial charge in [-0.15, -0.1) is 5.73 Å². The molecule has 0 heterocycles. The highest BCUT2D eigenvalue weighted by Gasteiger charge is 1.11. The molecule has 0 radical (unpaired) electrons. The molecule has 34 valence electrons. The van der Waals surface area contributed by atoms with Gasteiger partial charge in [-0.1, -0.05) is 19.7 Å². The van der Waals surface area contributed by atoms with Gasteiger partial charge >= 0.3 is 0 Å². The largest absolute Gasteiger partial charge is 0.516 e. The fourth-order valence-corrected chi connectivity index (χ4v) is 0. The monoisotopic (exact) mass is 84.1 g/mol. The fraction of sp³-hybridized carbons (Fsp3) is 0. The van der Waals surface area contributed by atoms with Gasteiger partial charge < -0.3 is 5.11 Å². The summed E-state index contributed by atoms with van der Waals surface area (Å²) in [4.78, 5) is 0. The van der Waals surface area contributed by atoms with Crippen LogP contribution in [-0.2, 0) is 0 Å². The first kappa shape index (κ1) is 8.91. The lowest BCUT2D eigenvalue weighted by molar-refractivity contribution is 0.476. The van der Waals surface area contributed by atoms with E-state index in [1.807, 2.05) is 0 Å². The first-order valence-corrected chi connectivity index (χ1v) is 1.37. The molecule has 0 aliphatic carbocycles. The topological polar surface area (TPSA) is 20.2 Å². The van der Waals surface area contributed by atoms with Crippen LogP contribution in [0, 0.1) is 0 Å². The summed E-state index contributed by atoms with van der Waals surface area (Å²) in [7, 11) is 0. The Morgan fingerprint density at radius 1 is 1.50 bits per heavy atom. The molecule has 6 heavy (non-hydrogen) atoms. The molecule has 0 saturated heterocycles. The molecule has 0 aromatic heterocycles. The molecule has 0 saturated carbocycles. The summed E-state index contributed by atoms with van der Waals surface area (Å²) < 4.78 is 0. The Morgan fingerprint density at radius 2 is 1.50 bits per heavy atom. The van der Waals surface area contributed by atoms with Crippen LogP contribution in [0.15, 0.2) is 31.7 Å². The van der Waals surface area contributed by atoms with Crippen LogP contribution in [0.25, 0.3) is 0 Å². The summed E-state index contributed by atoms with van der Waals surface area (Å²) in [5.41, 5.74) is 2.25. The quantitative estimate of drug-likeness (QED) is 0.349. The number of aliphatic hydroxyl groups is 1. The zero-order valence-corrected chi connectivity index (χ0v) is 3.65. The van der Waals surface area contributed by atoms with Crippen LogP contribution in [0.2, 0.25) is 0 Å². The van der Waals surface area contributed by atoms with Gasteiger partial charge in [0, 0.05) is 0 Å². The van der Waals surface area contributed by atoms with Gasteiger partial charge in [0.15, 0.2) is 0 Å². The van der Waals surface area contributed by atoms with Crippen molar-refractivity contribution in [2.45, 2.75) is 0 Å². The fourth-order valence-electron chi connectivity index (χ4n) is 0. The number of hydrogen-bond acceptors (Lipinski definition) is 1. The molecule has 0 aliphatic heterocycles. The molecule has 0 aromatic rings. The molecule has 0 bridgehead atoms. The third-order valence-electron chi connectivity index (χ3n) is 0. The Bertz CT molecular complexity index is 49.0. The summed E-state index contributed by atoms with van der Waals surface area (Å²) in [5.74, 6) is 0. The Labute approximate surface area is 37.9 Å². The van der Waals surface area contributed by atoms with E-state index in [1.165, 1.54) is 0 Å². The van der Waals surface area contributed by atoms with Crippen LogP contribution in [0.5, 0.6) is 0 Å². The van der Waals surface area contributed by atoms with Crippen LogP contribution >= 0.6 is 0 Å². The van der Waals surface area contributed by atoms with Crippen LogP contribution in [0.3, 0.4) is 0 Å². The van der Waals surface area contributed by atoms with Crippen molar-refractivity contribution in [3.05, 3.63) is 31.7 Å². The second-order valence-corrected chi connectivity index (χ2v) is 0.433. The smallest absolute Gasteiger partial charge is 0.0719 e. The van der Waals surface area contributed by atoms with Gasteiger partial charge in [0.05, 0.1) is 6.26 Å². The molecule has 0 atom stereocenters. The maximum absolute atomic E-state index is 7.33. The summed E-state index contributed by atoms with van der Waals surface area (Å²) in [6.07, 6.45) is 0.750. The van der Waals surface area contributed by atoms with E-state index < -0.39 is 0 Å². The Kier molecular flexibility index (Phi) is 50.2. The molecule has 0 unspecified atom stereocenters. The third kappa shape index (κ3) is 14.7. The van der Waals surface area contributed by atoms with Crippen molar-refractivity contribution in [1.29, 1.82) is 0 Å². The Hall–Kier alpha value is -0.940. The molecule has 0 aromatic carbocycles. The third-order valence-corrected chi connectivity index (χ3v) is 0. The second-order valence-electron chi connectivity index (χ2n) is 0.433. The lowest BCUT2D eigenvalue weighted by atomic mass is 11.0. The van der Waals surface area contributed by atoms with Gasteiger partial charge in [-0.3, -0.25) is 0 Å². The minimum absolute atomic E-state index is 0.750. The molecule has 1 nitrogen and oxygen atoms in total. The molecule has 1 heteroatoms. The van der Waals surface area contributed by atoms with Crippen LogP contribution in [0.1, 0.15) is 0 Å². The Morgan fingerprint density at radius 3 is 1.50 bits per heavy atom. The molecule has 0 fully saturated rings. The zero-order chi connectivity index (χ0) is 5.41. The highest BCUT2D eigenvalue weighted by atomic mass is 16.2. The molecule has 0 aliphatic rings. The average Bonchev–Trinajstić information content (AvgIpc) is 1.39. The molecule has 0 rings (SSSR count). The lowest BCUT2D eigenvalue weighted by Crippen LogP contribution is -1.25. The minimum Gasteiger partial charge on any atom is -0.516 e. The maximum atomic E-state index is 7.33. The summed E-state index contributed by atoms with van der Waals surface area (Å²) in [6.45, 7) is 9.17. The van der Waals surface area contributed by atoms with Gasteiger partial charge in [-0.25, -0.2) is 0 Å². The first-order valence-electron chi connectivity index (χ1n) is 1.37. The summed E-state index contributed by atoms with van der Waals surface area (Å²) in [5, 5.41) is 7.33. The SMILES string of the molecule is C=C=C.C=CO. The zero-order valence-electron chi connectivity index (χ0n) is 3.65. The van der Waals surface area contributed by atoms with Crippen molar-refractivity contribution < 1.29 is 5.11 Å². The van der Waals surface area contributed by atoms with Crippen LogP contribution in [-0.4, -0.2) is 5.11 Å². The van der Waals surface area contributed by atoms with Gasteiger partial charge in [-0.2, -0.15) is 0 Å². The molecule has 0 spiro atoms. The van der Waals surface area contributed by atoms with E-state index in [0.717, 1.165) is 6.26 Å². The highest BCUT2D eigenvalue weighted by molar-refractivity contribution is 4.51. The van der Waals surface area contributed by atoms with Crippen LogP contribution < -0.4 is 0 Å². The van der Waals surface area contributed by atoms with E-state index in [2.05, 4.69) is 25.5 Å². The van der Waals surface area contributed by atoms with Crippen molar-refractivity contribution in [2.75, 3.05) is 0 Å². The number of rotatable bonds is 0. The second kappa shape index (κ2) is 33.8. The van der Waals surface area contributed by atoms with E-state index in [0.29, 0.717) is 0 Å². The van der Waals surface area contributed by atoms with Crippen molar-refractivity contribution in [3.8, 4) is 0 Å². The average molecular weight is 84.1 g/mol. The molecular formula is C5H8O. The lowest BCUT2D eigenvalue weighted by Gasteiger charge is -1.41. The molecule has 0 amide bonds. The van der Waals surface area contributed by atoms with Crippen molar-refractivity contribution in [3.63, 3.8) is 0 Å². The van der Waals surface area contributed by atoms with Crippen molar-refractivity contribution in [1.82, 2.24) is 0 Å². The Balaban J connectivity index is 0. The van der Waals surface area contributed by atoms with Crippen LogP contribution in [0.4, 0.5) is 0 Å². The maximum Gasteiger partial charge on any atom is 0.0719 e. The van der Waals surface area contributed by atoms with E-state index in [9.17, 15) is 0 Å². The predicted octanol–water partition coefficient (Wildman–Crippen LogP) is 1.65. The normalized spacial score (nSPS) is 3.33. The van der Waals surface area contributed by atoms with E-state index in [-0.39, 0.29) is 0 Å². The first-order chi connectivity index (χ1) is 2.83. The van der Waals surface area contributed by atoms with E-state index in [4.69, 9.17) is 5.11 Å².